The maximum absolute atomic E-state index is 11.6. The van der Waals surface area contributed by atoms with Crippen LogP contribution in [0, 0.1) is 0 Å². The maximum Gasteiger partial charge on any atom is 0.334 e. The molecule has 0 saturated carbocycles. The number of esters is 1. The lowest BCUT2D eigenvalue weighted by atomic mass is 9.94. The summed E-state index contributed by atoms with van der Waals surface area (Å²) in [4.78, 5) is 22.9. The highest BCUT2D eigenvalue weighted by Crippen LogP contribution is 2.24. The zero-order valence-electron chi connectivity index (χ0n) is 11.7. The van der Waals surface area contributed by atoms with Gasteiger partial charge in [-0.05, 0) is 26.8 Å². The number of carbonyl (C=O) groups excluding carboxylic acids is 2. The zero-order chi connectivity index (χ0) is 16.1. The van der Waals surface area contributed by atoms with Gasteiger partial charge in [0.25, 0.3) is 10.1 Å². The summed E-state index contributed by atoms with van der Waals surface area (Å²) in [5.74, 6) is -1.61. The minimum absolute atomic E-state index is 0.0233. The molecular weight excluding hydrogens is 286 g/mol. The molecule has 1 atom stereocenters. The molecule has 0 fully saturated rings. The molecule has 1 amide bonds. The van der Waals surface area contributed by atoms with Crippen LogP contribution in [-0.2, 0) is 24.4 Å². The summed E-state index contributed by atoms with van der Waals surface area (Å²) >= 11 is 0. The third-order valence-corrected chi connectivity index (χ3v) is 3.91. The molecule has 0 aromatic heterocycles. The van der Waals surface area contributed by atoms with Gasteiger partial charge in [-0.1, -0.05) is 13.2 Å². The second kappa shape index (κ2) is 6.67. The molecule has 0 aliphatic heterocycles. The van der Waals surface area contributed by atoms with Gasteiger partial charge in [0.05, 0.1) is 17.7 Å². The van der Waals surface area contributed by atoms with Crippen LogP contribution >= 0.6 is 0 Å². The number of hydrogen-bond acceptors (Lipinski definition) is 5. The van der Waals surface area contributed by atoms with Crippen LogP contribution in [0.2, 0.25) is 0 Å². The lowest BCUT2D eigenvalue weighted by Crippen LogP contribution is -2.56. The Kier molecular flexibility index (Phi) is 6.11. The van der Waals surface area contributed by atoms with Crippen LogP contribution in [0.15, 0.2) is 24.8 Å². The number of carbonyl (C=O) groups is 2. The standard InChI is InChI=1S/C12H19NO6S/c1-6-9(14)13-12(4,5)10(20(16,17)18)8(3)11(15)19-7-2/h6,10H,1,3,7H2,2,4-5H3,(H,13,14)(H,16,17,18). The average Bonchev–Trinajstić information content (AvgIpc) is 2.25. The predicted octanol–water partition coefficient (Wildman–Crippen LogP) is 0.443. The fourth-order valence-corrected chi connectivity index (χ4v) is 3.01. The highest BCUT2D eigenvalue weighted by molar-refractivity contribution is 7.86. The Morgan fingerprint density at radius 1 is 1.45 bits per heavy atom. The Labute approximate surface area is 118 Å². The summed E-state index contributed by atoms with van der Waals surface area (Å²) in [5, 5.41) is 0.588. The van der Waals surface area contributed by atoms with Gasteiger partial charge < -0.3 is 10.1 Å². The maximum atomic E-state index is 11.6. The Morgan fingerprint density at radius 2 is 1.95 bits per heavy atom. The molecule has 0 saturated heterocycles. The van der Waals surface area contributed by atoms with E-state index in [4.69, 9.17) is 0 Å². The minimum Gasteiger partial charge on any atom is -0.463 e. The monoisotopic (exact) mass is 305 g/mol. The third-order valence-electron chi connectivity index (χ3n) is 2.44. The van der Waals surface area contributed by atoms with Crippen LogP contribution in [-0.4, -0.2) is 42.2 Å². The summed E-state index contributed by atoms with van der Waals surface area (Å²) in [7, 11) is -4.69. The van der Waals surface area contributed by atoms with Crippen molar-refractivity contribution in [3.63, 3.8) is 0 Å². The lowest BCUT2D eigenvalue weighted by molar-refractivity contribution is -0.139. The molecule has 8 heteroatoms. The first kappa shape index (κ1) is 18.3. The molecule has 1 unspecified atom stereocenters. The molecule has 7 nitrogen and oxygen atoms in total. The van der Waals surface area contributed by atoms with Gasteiger partial charge in [-0.3, -0.25) is 9.35 Å². The first-order valence-electron chi connectivity index (χ1n) is 5.74. The topological polar surface area (TPSA) is 110 Å². The molecule has 20 heavy (non-hydrogen) atoms. The molecule has 0 aromatic rings. The van der Waals surface area contributed by atoms with E-state index in [2.05, 4.69) is 23.2 Å². The van der Waals surface area contributed by atoms with Crippen molar-refractivity contribution in [2.45, 2.75) is 31.6 Å². The molecule has 2 N–H and O–H groups in total. The van der Waals surface area contributed by atoms with Crippen molar-refractivity contribution in [3.8, 4) is 0 Å². The normalized spacial score (nSPS) is 13.2. The quantitative estimate of drug-likeness (QED) is 0.401. The van der Waals surface area contributed by atoms with E-state index in [0.29, 0.717) is 0 Å². The Hall–Kier alpha value is -1.67. The van der Waals surface area contributed by atoms with Gasteiger partial charge in [0.2, 0.25) is 5.91 Å². The second-order valence-corrected chi connectivity index (χ2v) is 6.06. The molecule has 0 rings (SSSR count). The minimum atomic E-state index is -4.69. The number of rotatable bonds is 7. The second-order valence-electron chi connectivity index (χ2n) is 4.56. The molecular formula is C12H19NO6S. The number of nitrogens with one attached hydrogen (secondary N) is 1. The van der Waals surface area contributed by atoms with Crippen molar-refractivity contribution in [3.05, 3.63) is 24.8 Å². The summed E-state index contributed by atoms with van der Waals surface area (Å²) in [6.07, 6.45) is 0.940. The molecule has 0 aliphatic carbocycles. The van der Waals surface area contributed by atoms with E-state index in [-0.39, 0.29) is 6.61 Å². The highest BCUT2D eigenvalue weighted by atomic mass is 32.2. The summed E-state index contributed by atoms with van der Waals surface area (Å²) in [6, 6.07) is 0. The van der Waals surface area contributed by atoms with E-state index in [1.807, 2.05) is 0 Å². The molecule has 0 bridgehead atoms. The number of amides is 1. The van der Waals surface area contributed by atoms with Crippen molar-refractivity contribution in [1.29, 1.82) is 0 Å². The van der Waals surface area contributed by atoms with E-state index in [0.717, 1.165) is 6.08 Å². The highest BCUT2D eigenvalue weighted by Gasteiger charge is 2.44. The van der Waals surface area contributed by atoms with E-state index >= 15 is 0 Å². The lowest BCUT2D eigenvalue weighted by Gasteiger charge is -2.33. The van der Waals surface area contributed by atoms with Crippen LogP contribution < -0.4 is 5.32 Å². The molecule has 114 valence electrons. The van der Waals surface area contributed by atoms with Gasteiger partial charge >= 0.3 is 5.97 Å². The number of hydrogen-bond donors (Lipinski definition) is 2. The fourth-order valence-electron chi connectivity index (χ4n) is 1.75. The molecule has 0 spiro atoms. The smallest absolute Gasteiger partial charge is 0.334 e. The van der Waals surface area contributed by atoms with E-state index < -0.39 is 38.4 Å². The Bertz CT molecular complexity index is 520. The molecule has 0 radical (unpaired) electrons. The van der Waals surface area contributed by atoms with Gasteiger partial charge in [0.1, 0.15) is 5.25 Å². The van der Waals surface area contributed by atoms with Gasteiger partial charge in [0, 0.05) is 0 Å². The van der Waals surface area contributed by atoms with Crippen LogP contribution in [0.25, 0.3) is 0 Å². The van der Waals surface area contributed by atoms with Crippen LogP contribution in [0.4, 0.5) is 0 Å². The fraction of sp³-hybridized carbons (Fsp3) is 0.500. The van der Waals surface area contributed by atoms with Crippen molar-refractivity contribution in [2.75, 3.05) is 6.61 Å². The van der Waals surface area contributed by atoms with Gasteiger partial charge in [-0.15, -0.1) is 0 Å². The van der Waals surface area contributed by atoms with Crippen molar-refractivity contribution in [1.82, 2.24) is 5.32 Å². The third kappa shape index (κ3) is 4.78. The van der Waals surface area contributed by atoms with Crippen LogP contribution in [0.1, 0.15) is 20.8 Å². The summed E-state index contributed by atoms with van der Waals surface area (Å²) < 4.78 is 37.0. The predicted molar refractivity (Wildman–Crippen MR) is 73.5 cm³/mol. The SMILES string of the molecule is C=CC(=O)NC(C)(C)C(C(=C)C(=O)OCC)S(=O)(=O)O. The van der Waals surface area contributed by atoms with Crippen molar-refractivity contribution in [2.24, 2.45) is 0 Å². The Balaban J connectivity index is 5.59. The summed E-state index contributed by atoms with van der Waals surface area (Å²) in [5.41, 5.74) is -1.95. The van der Waals surface area contributed by atoms with Crippen LogP contribution in [0.5, 0.6) is 0 Å². The van der Waals surface area contributed by atoms with Crippen molar-refractivity contribution >= 4 is 22.0 Å². The van der Waals surface area contributed by atoms with Crippen molar-refractivity contribution < 1.29 is 27.3 Å². The van der Waals surface area contributed by atoms with Gasteiger partial charge in [0.15, 0.2) is 0 Å². The number of ether oxygens (including phenoxy) is 1. The Morgan fingerprint density at radius 3 is 2.30 bits per heavy atom. The van der Waals surface area contributed by atoms with Crippen LogP contribution in [0.3, 0.4) is 0 Å². The van der Waals surface area contributed by atoms with E-state index in [1.54, 1.807) is 0 Å². The molecule has 0 heterocycles. The first-order valence-corrected chi connectivity index (χ1v) is 7.24. The van der Waals surface area contributed by atoms with Gasteiger partial charge in [-0.2, -0.15) is 8.42 Å². The van der Waals surface area contributed by atoms with Gasteiger partial charge in [-0.25, -0.2) is 4.79 Å². The molecule has 0 aliphatic rings. The summed E-state index contributed by atoms with van der Waals surface area (Å²) in [6.45, 7) is 10.8. The average molecular weight is 305 g/mol. The largest absolute Gasteiger partial charge is 0.463 e. The van der Waals surface area contributed by atoms with E-state index in [1.165, 1.54) is 20.8 Å². The molecule has 0 aromatic carbocycles. The zero-order valence-corrected chi connectivity index (χ0v) is 12.5. The van der Waals surface area contributed by atoms with E-state index in [9.17, 15) is 22.6 Å². The first-order chi connectivity index (χ1) is 8.97.